The van der Waals surface area contributed by atoms with Gasteiger partial charge in [0.2, 0.25) is 5.91 Å². The maximum Gasteiger partial charge on any atom is 0.316 e. The van der Waals surface area contributed by atoms with Gasteiger partial charge in [-0.2, -0.15) is 0 Å². The normalized spacial score (nSPS) is 21.9. The van der Waals surface area contributed by atoms with Crippen molar-refractivity contribution in [3.8, 4) is 5.75 Å². The van der Waals surface area contributed by atoms with Gasteiger partial charge in [0.1, 0.15) is 5.75 Å². The number of carbonyl (C=O) groups is 2. The Morgan fingerprint density at radius 3 is 2.65 bits per heavy atom. The number of nitrogens with two attached hydrogens (primary N) is 2. The third kappa shape index (κ3) is 1.99. The SMILES string of the molecule is C=C1CN(C(N)=O)C(C(N)=O)(c2cccc(OC)c2)C1. The van der Waals surface area contributed by atoms with Gasteiger partial charge in [-0.25, -0.2) is 4.79 Å². The second-order valence-electron chi connectivity index (χ2n) is 4.81. The smallest absolute Gasteiger partial charge is 0.316 e. The summed E-state index contributed by atoms with van der Waals surface area (Å²) in [5, 5.41) is 0. The second-order valence-corrected chi connectivity index (χ2v) is 4.81. The van der Waals surface area contributed by atoms with Crippen LogP contribution in [0.5, 0.6) is 5.75 Å². The molecule has 1 saturated heterocycles. The van der Waals surface area contributed by atoms with Crippen molar-refractivity contribution < 1.29 is 14.3 Å². The van der Waals surface area contributed by atoms with Gasteiger partial charge >= 0.3 is 6.03 Å². The van der Waals surface area contributed by atoms with Crippen LogP contribution < -0.4 is 16.2 Å². The molecule has 1 heterocycles. The summed E-state index contributed by atoms with van der Waals surface area (Å²) in [5.74, 6) is -0.0618. The molecule has 3 amide bonds. The Labute approximate surface area is 117 Å². The van der Waals surface area contributed by atoms with E-state index in [-0.39, 0.29) is 13.0 Å². The lowest BCUT2D eigenvalue weighted by atomic mass is 9.85. The number of ether oxygens (including phenoxy) is 1. The van der Waals surface area contributed by atoms with Crippen molar-refractivity contribution in [2.75, 3.05) is 13.7 Å². The van der Waals surface area contributed by atoms with Crippen molar-refractivity contribution >= 4 is 11.9 Å². The summed E-state index contributed by atoms with van der Waals surface area (Å²) in [4.78, 5) is 25.0. The van der Waals surface area contributed by atoms with Gasteiger partial charge in [-0.3, -0.25) is 4.79 Å². The molecule has 1 aliphatic rings. The van der Waals surface area contributed by atoms with E-state index in [1.165, 1.54) is 12.0 Å². The fourth-order valence-electron chi connectivity index (χ4n) is 2.64. The van der Waals surface area contributed by atoms with Crippen LogP contribution in [-0.2, 0) is 10.3 Å². The molecule has 0 radical (unpaired) electrons. The summed E-state index contributed by atoms with van der Waals surface area (Å²) >= 11 is 0. The fourth-order valence-corrected chi connectivity index (χ4v) is 2.64. The molecule has 1 aromatic carbocycles. The highest BCUT2D eigenvalue weighted by atomic mass is 16.5. The maximum atomic E-state index is 12.1. The molecular weight excluding hydrogens is 258 g/mol. The summed E-state index contributed by atoms with van der Waals surface area (Å²) in [6, 6.07) is 6.18. The molecule has 106 valence electrons. The number of urea groups is 1. The van der Waals surface area contributed by atoms with Gasteiger partial charge in [0, 0.05) is 13.0 Å². The van der Waals surface area contributed by atoms with E-state index in [2.05, 4.69) is 6.58 Å². The van der Waals surface area contributed by atoms with Crippen molar-refractivity contribution in [2.24, 2.45) is 11.5 Å². The Morgan fingerprint density at radius 1 is 1.40 bits per heavy atom. The predicted molar refractivity (Wildman–Crippen MR) is 73.9 cm³/mol. The lowest BCUT2D eigenvalue weighted by molar-refractivity contribution is -0.127. The molecule has 1 atom stereocenters. The third-order valence-corrected chi connectivity index (χ3v) is 3.57. The molecule has 0 spiro atoms. The first kappa shape index (κ1) is 13.9. The molecule has 0 saturated carbocycles. The lowest BCUT2D eigenvalue weighted by Crippen LogP contribution is -2.55. The van der Waals surface area contributed by atoms with E-state index in [1.54, 1.807) is 24.3 Å². The van der Waals surface area contributed by atoms with Crippen LogP contribution in [0.25, 0.3) is 0 Å². The number of benzene rings is 1. The van der Waals surface area contributed by atoms with E-state index in [0.717, 1.165) is 5.57 Å². The van der Waals surface area contributed by atoms with Gasteiger partial charge < -0.3 is 21.1 Å². The van der Waals surface area contributed by atoms with E-state index < -0.39 is 17.5 Å². The van der Waals surface area contributed by atoms with E-state index in [0.29, 0.717) is 11.3 Å². The molecule has 1 aromatic rings. The summed E-state index contributed by atoms with van der Waals surface area (Å²) in [6.45, 7) is 4.06. The average molecular weight is 275 g/mol. The van der Waals surface area contributed by atoms with E-state index in [4.69, 9.17) is 16.2 Å². The van der Waals surface area contributed by atoms with Gasteiger partial charge in [-0.05, 0) is 17.7 Å². The highest BCUT2D eigenvalue weighted by Crippen LogP contribution is 2.41. The zero-order chi connectivity index (χ0) is 14.9. The van der Waals surface area contributed by atoms with Crippen LogP contribution in [0.15, 0.2) is 36.4 Å². The van der Waals surface area contributed by atoms with Crippen molar-refractivity contribution in [1.82, 2.24) is 4.90 Å². The monoisotopic (exact) mass is 275 g/mol. The van der Waals surface area contributed by atoms with Crippen molar-refractivity contribution in [3.63, 3.8) is 0 Å². The fraction of sp³-hybridized carbons (Fsp3) is 0.286. The predicted octanol–water partition coefficient (Wildman–Crippen LogP) is 0.716. The first-order valence-electron chi connectivity index (χ1n) is 6.10. The Kier molecular flexibility index (Phi) is 3.40. The zero-order valence-electron chi connectivity index (χ0n) is 11.3. The van der Waals surface area contributed by atoms with Gasteiger partial charge in [-0.1, -0.05) is 24.3 Å². The number of hydrogen-bond acceptors (Lipinski definition) is 3. The Hall–Kier alpha value is -2.50. The largest absolute Gasteiger partial charge is 0.497 e. The van der Waals surface area contributed by atoms with E-state index >= 15 is 0 Å². The quantitative estimate of drug-likeness (QED) is 0.795. The third-order valence-electron chi connectivity index (χ3n) is 3.57. The summed E-state index contributed by atoms with van der Waals surface area (Å²) in [6.07, 6.45) is 0.262. The molecule has 2 rings (SSSR count). The Bertz CT molecular complexity index is 585. The van der Waals surface area contributed by atoms with Crippen LogP contribution >= 0.6 is 0 Å². The van der Waals surface area contributed by atoms with E-state index in [1.807, 2.05) is 0 Å². The van der Waals surface area contributed by atoms with Crippen LogP contribution in [0.1, 0.15) is 12.0 Å². The molecule has 4 N–H and O–H groups in total. The molecule has 1 unspecified atom stereocenters. The van der Waals surface area contributed by atoms with Crippen molar-refractivity contribution in [2.45, 2.75) is 12.0 Å². The molecule has 6 nitrogen and oxygen atoms in total. The molecular formula is C14H17N3O3. The molecule has 6 heteroatoms. The standard InChI is InChI=1S/C14H17N3O3/c1-9-7-14(12(15)18,17(8-9)13(16)19)10-4-3-5-11(6-10)20-2/h3-6H,1,7-8H2,2H3,(H2,15,18)(H2,16,19). The summed E-state index contributed by atoms with van der Waals surface area (Å²) in [5.41, 5.74) is 11.0. The summed E-state index contributed by atoms with van der Waals surface area (Å²) in [7, 11) is 1.52. The molecule has 0 aliphatic carbocycles. The van der Waals surface area contributed by atoms with Crippen LogP contribution in [0.3, 0.4) is 0 Å². The molecule has 0 aromatic heterocycles. The first-order chi connectivity index (χ1) is 9.41. The minimum absolute atomic E-state index is 0.218. The van der Waals surface area contributed by atoms with Gasteiger partial charge in [0.15, 0.2) is 5.54 Å². The highest BCUT2D eigenvalue weighted by Gasteiger charge is 2.51. The minimum Gasteiger partial charge on any atom is -0.497 e. The Balaban J connectivity index is 2.62. The number of likely N-dealkylation sites (tertiary alicyclic amines) is 1. The van der Waals surface area contributed by atoms with Crippen LogP contribution in [-0.4, -0.2) is 30.5 Å². The number of methoxy groups -OCH3 is 1. The molecule has 1 aliphatic heterocycles. The van der Waals surface area contributed by atoms with Gasteiger partial charge in [0.05, 0.1) is 7.11 Å². The molecule has 1 fully saturated rings. The Morgan fingerprint density at radius 2 is 2.10 bits per heavy atom. The lowest BCUT2D eigenvalue weighted by Gasteiger charge is -2.34. The van der Waals surface area contributed by atoms with Gasteiger partial charge in [0.25, 0.3) is 0 Å². The van der Waals surface area contributed by atoms with Crippen molar-refractivity contribution in [3.05, 3.63) is 42.0 Å². The van der Waals surface area contributed by atoms with Crippen LogP contribution in [0, 0.1) is 0 Å². The zero-order valence-corrected chi connectivity index (χ0v) is 11.3. The topological polar surface area (TPSA) is 98.6 Å². The van der Waals surface area contributed by atoms with Crippen LogP contribution in [0.2, 0.25) is 0 Å². The van der Waals surface area contributed by atoms with Crippen LogP contribution in [0.4, 0.5) is 4.79 Å². The minimum atomic E-state index is -1.29. The number of amides is 3. The van der Waals surface area contributed by atoms with Gasteiger partial charge in [-0.15, -0.1) is 0 Å². The number of nitrogens with zero attached hydrogens (tertiary/aromatic N) is 1. The summed E-state index contributed by atoms with van der Waals surface area (Å²) < 4.78 is 5.15. The second kappa shape index (κ2) is 4.88. The number of hydrogen-bond donors (Lipinski definition) is 2. The number of primary amides is 2. The van der Waals surface area contributed by atoms with E-state index in [9.17, 15) is 9.59 Å². The maximum absolute atomic E-state index is 12.1. The molecule has 20 heavy (non-hydrogen) atoms. The molecule has 0 bridgehead atoms. The number of rotatable bonds is 3. The number of carbonyl (C=O) groups excluding carboxylic acids is 2. The highest BCUT2D eigenvalue weighted by molar-refractivity contribution is 5.92. The average Bonchev–Trinajstić information content (AvgIpc) is 2.78. The van der Waals surface area contributed by atoms with Crippen molar-refractivity contribution in [1.29, 1.82) is 0 Å². The first-order valence-corrected chi connectivity index (χ1v) is 6.10.